The van der Waals surface area contributed by atoms with Crippen LogP contribution in [0.15, 0.2) is 23.1 Å². The summed E-state index contributed by atoms with van der Waals surface area (Å²) in [5, 5.41) is 12.9. The minimum atomic E-state index is -0.956. The SMILES string of the molecule is Cc1c(F)ccc(CNC(=O)c2cn3c(c(O)c2=O)C(=O)N2CCCCC3C2)c1F. The number of carbonyl (C=O) groups is 2. The van der Waals surface area contributed by atoms with Crippen molar-refractivity contribution in [3.05, 3.63) is 62.6 Å². The average Bonchev–Trinajstić information content (AvgIpc) is 2.95. The van der Waals surface area contributed by atoms with E-state index < -0.39 is 34.6 Å². The van der Waals surface area contributed by atoms with Gasteiger partial charge in [0.1, 0.15) is 17.2 Å². The van der Waals surface area contributed by atoms with Crippen molar-refractivity contribution in [2.45, 2.75) is 38.8 Å². The summed E-state index contributed by atoms with van der Waals surface area (Å²) in [5.41, 5.74) is -1.48. The highest BCUT2D eigenvalue weighted by Crippen LogP contribution is 2.31. The molecule has 1 aromatic heterocycles. The lowest BCUT2D eigenvalue weighted by Crippen LogP contribution is -2.44. The molecule has 1 atom stereocenters. The van der Waals surface area contributed by atoms with Gasteiger partial charge in [0.05, 0.1) is 6.04 Å². The Morgan fingerprint density at radius 3 is 2.80 bits per heavy atom. The molecule has 30 heavy (non-hydrogen) atoms. The van der Waals surface area contributed by atoms with Gasteiger partial charge in [-0.3, -0.25) is 14.4 Å². The second kappa shape index (κ2) is 7.55. The lowest BCUT2D eigenvalue weighted by Gasteiger charge is -2.34. The number of carbonyl (C=O) groups excluding carboxylic acids is 2. The van der Waals surface area contributed by atoms with Crippen LogP contribution in [0.3, 0.4) is 0 Å². The van der Waals surface area contributed by atoms with Gasteiger partial charge in [0.2, 0.25) is 5.43 Å². The van der Waals surface area contributed by atoms with Gasteiger partial charge in [-0.1, -0.05) is 6.07 Å². The molecule has 2 aliphatic heterocycles. The van der Waals surface area contributed by atoms with Crippen molar-refractivity contribution < 1.29 is 23.5 Å². The van der Waals surface area contributed by atoms with Crippen molar-refractivity contribution in [2.24, 2.45) is 0 Å². The molecule has 3 heterocycles. The molecule has 0 saturated carbocycles. The van der Waals surface area contributed by atoms with Gasteiger partial charge in [0.25, 0.3) is 11.8 Å². The van der Waals surface area contributed by atoms with Gasteiger partial charge in [-0.25, -0.2) is 8.78 Å². The second-order valence-corrected chi connectivity index (χ2v) is 7.71. The van der Waals surface area contributed by atoms with Crippen molar-refractivity contribution >= 4 is 11.8 Å². The number of nitrogens with one attached hydrogen (secondary N) is 1. The van der Waals surface area contributed by atoms with Crippen LogP contribution in [0.4, 0.5) is 8.78 Å². The van der Waals surface area contributed by atoms with Gasteiger partial charge in [0.15, 0.2) is 11.4 Å². The standard InChI is InChI=1S/C21H21F2N3O4/c1-11-15(22)6-5-12(16(11)23)8-24-20(29)14-10-26-13-4-2-3-7-25(9-13)21(30)17(26)19(28)18(14)27/h5-6,10,13,28H,2-4,7-9H2,1H3,(H,24,29). The Morgan fingerprint density at radius 2 is 2.03 bits per heavy atom. The smallest absolute Gasteiger partial charge is 0.274 e. The summed E-state index contributed by atoms with van der Waals surface area (Å²) in [7, 11) is 0. The third-order valence-corrected chi connectivity index (χ3v) is 5.82. The van der Waals surface area contributed by atoms with E-state index >= 15 is 0 Å². The largest absolute Gasteiger partial charge is 0.503 e. The number of hydrogen-bond acceptors (Lipinski definition) is 4. The quantitative estimate of drug-likeness (QED) is 0.802. The minimum absolute atomic E-state index is 0.0686. The van der Waals surface area contributed by atoms with Crippen LogP contribution in [-0.4, -0.2) is 39.5 Å². The Balaban J connectivity index is 1.66. The molecule has 158 valence electrons. The Kier molecular flexibility index (Phi) is 5.05. The molecule has 1 unspecified atom stereocenters. The van der Waals surface area contributed by atoms with E-state index in [-0.39, 0.29) is 35.0 Å². The van der Waals surface area contributed by atoms with Gasteiger partial charge >= 0.3 is 0 Å². The van der Waals surface area contributed by atoms with Crippen LogP contribution in [0.25, 0.3) is 0 Å². The zero-order valence-electron chi connectivity index (χ0n) is 16.4. The predicted molar refractivity (Wildman–Crippen MR) is 103 cm³/mol. The number of aromatic nitrogens is 1. The average molecular weight is 417 g/mol. The molecule has 2 N–H and O–H groups in total. The highest BCUT2D eigenvalue weighted by molar-refractivity contribution is 5.99. The fourth-order valence-corrected chi connectivity index (χ4v) is 4.09. The molecule has 0 aliphatic carbocycles. The molecule has 4 rings (SSSR count). The summed E-state index contributed by atoms with van der Waals surface area (Å²) in [4.78, 5) is 39.5. The lowest BCUT2D eigenvalue weighted by atomic mass is 10.1. The van der Waals surface area contributed by atoms with E-state index in [1.807, 2.05) is 0 Å². The van der Waals surface area contributed by atoms with Crippen LogP contribution in [0.5, 0.6) is 5.75 Å². The summed E-state index contributed by atoms with van der Waals surface area (Å²) in [6.07, 6.45) is 3.76. The zero-order valence-corrected chi connectivity index (χ0v) is 16.4. The summed E-state index contributed by atoms with van der Waals surface area (Å²) in [5.74, 6) is -3.46. The Bertz CT molecular complexity index is 1110. The third kappa shape index (κ3) is 3.24. The monoisotopic (exact) mass is 417 g/mol. The first kappa shape index (κ1) is 20.1. The molecule has 1 fully saturated rings. The molecular weight excluding hydrogens is 396 g/mol. The molecule has 1 aromatic carbocycles. The molecular formula is C21H21F2N3O4. The summed E-state index contributed by atoms with van der Waals surface area (Å²) in [6.45, 7) is 2.05. The van der Waals surface area contributed by atoms with E-state index in [1.165, 1.54) is 23.8 Å². The molecule has 9 heteroatoms. The Labute approximate surface area is 170 Å². The van der Waals surface area contributed by atoms with Gasteiger partial charge in [-0.2, -0.15) is 0 Å². The van der Waals surface area contributed by atoms with Crippen molar-refractivity contribution in [3.63, 3.8) is 0 Å². The first-order valence-corrected chi connectivity index (χ1v) is 9.78. The maximum atomic E-state index is 14.2. The summed E-state index contributed by atoms with van der Waals surface area (Å²) < 4.78 is 29.1. The topological polar surface area (TPSA) is 91.6 Å². The number of benzene rings is 1. The van der Waals surface area contributed by atoms with Crippen LogP contribution >= 0.6 is 0 Å². The van der Waals surface area contributed by atoms with Crippen LogP contribution < -0.4 is 10.7 Å². The Hall–Kier alpha value is -3.23. The number of rotatable bonds is 3. The molecule has 7 nitrogen and oxygen atoms in total. The number of halogens is 2. The summed E-state index contributed by atoms with van der Waals surface area (Å²) >= 11 is 0. The highest BCUT2D eigenvalue weighted by Gasteiger charge is 2.36. The van der Waals surface area contributed by atoms with E-state index in [9.17, 15) is 28.3 Å². The van der Waals surface area contributed by atoms with E-state index in [0.29, 0.717) is 13.1 Å². The van der Waals surface area contributed by atoms with Crippen molar-refractivity contribution in [3.8, 4) is 5.75 Å². The fourth-order valence-electron chi connectivity index (χ4n) is 4.09. The van der Waals surface area contributed by atoms with Crippen LogP contribution in [0.2, 0.25) is 0 Å². The van der Waals surface area contributed by atoms with E-state index in [1.54, 1.807) is 4.90 Å². The van der Waals surface area contributed by atoms with Gasteiger partial charge in [-0.05, 0) is 32.3 Å². The van der Waals surface area contributed by atoms with E-state index in [4.69, 9.17) is 0 Å². The molecule has 0 radical (unpaired) electrons. The molecule has 2 aromatic rings. The molecule has 2 amide bonds. The number of pyridine rings is 1. The van der Waals surface area contributed by atoms with Crippen molar-refractivity contribution in [1.29, 1.82) is 0 Å². The van der Waals surface area contributed by atoms with Crippen LogP contribution in [0.1, 0.15) is 57.3 Å². The van der Waals surface area contributed by atoms with Gasteiger partial charge < -0.3 is 19.9 Å². The fraction of sp³-hybridized carbons (Fsp3) is 0.381. The van der Waals surface area contributed by atoms with Crippen molar-refractivity contribution in [1.82, 2.24) is 14.8 Å². The maximum absolute atomic E-state index is 14.2. The maximum Gasteiger partial charge on any atom is 0.274 e. The highest BCUT2D eigenvalue weighted by atomic mass is 19.1. The third-order valence-electron chi connectivity index (χ3n) is 5.82. The molecule has 0 spiro atoms. The Morgan fingerprint density at radius 1 is 1.27 bits per heavy atom. The normalized spacial score (nSPS) is 18.0. The molecule has 2 bridgehead atoms. The number of hydrogen-bond donors (Lipinski definition) is 2. The second-order valence-electron chi connectivity index (χ2n) is 7.71. The van der Waals surface area contributed by atoms with Crippen molar-refractivity contribution in [2.75, 3.05) is 13.1 Å². The number of fused-ring (bicyclic) bond motifs is 4. The van der Waals surface area contributed by atoms with Gasteiger partial charge in [0, 0.05) is 37.0 Å². The van der Waals surface area contributed by atoms with E-state index in [2.05, 4.69) is 5.32 Å². The number of aromatic hydroxyl groups is 1. The first-order valence-electron chi connectivity index (χ1n) is 9.78. The van der Waals surface area contributed by atoms with E-state index in [0.717, 1.165) is 25.3 Å². The molecule has 1 saturated heterocycles. The first-order chi connectivity index (χ1) is 14.3. The van der Waals surface area contributed by atoms with Crippen LogP contribution in [-0.2, 0) is 6.54 Å². The molecule has 2 aliphatic rings. The minimum Gasteiger partial charge on any atom is -0.503 e. The lowest BCUT2D eigenvalue weighted by molar-refractivity contribution is 0.0677. The zero-order chi connectivity index (χ0) is 21.6. The van der Waals surface area contributed by atoms with Crippen LogP contribution in [0, 0.1) is 18.6 Å². The number of nitrogens with zero attached hydrogens (tertiary/aromatic N) is 2. The van der Waals surface area contributed by atoms with Gasteiger partial charge in [-0.15, -0.1) is 0 Å². The summed E-state index contributed by atoms with van der Waals surface area (Å²) in [6, 6.07) is 2.17. The predicted octanol–water partition coefficient (Wildman–Crippen LogP) is 2.25. The number of amides is 2.